The second-order valence-electron chi connectivity index (χ2n) is 3.29. The van der Waals surface area contributed by atoms with E-state index in [9.17, 15) is 8.42 Å². The number of benzene rings is 1. The van der Waals surface area contributed by atoms with Gasteiger partial charge in [0.1, 0.15) is 5.25 Å². The predicted molar refractivity (Wildman–Crippen MR) is 51.9 cm³/mol. The number of hydrogen-bond acceptors (Lipinski definition) is 3. The first-order valence-electron chi connectivity index (χ1n) is 4.26. The molecule has 0 bridgehead atoms. The lowest BCUT2D eigenvalue weighted by atomic mass is 10.0. The summed E-state index contributed by atoms with van der Waals surface area (Å²) in [7, 11) is -3.56. The Kier molecular flexibility index (Phi) is 2.30. The van der Waals surface area contributed by atoms with Crippen molar-refractivity contribution in [2.45, 2.75) is 11.9 Å². The van der Waals surface area contributed by atoms with Crippen LogP contribution in [0, 0.1) is 0 Å². The molecule has 0 radical (unpaired) electrons. The summed E-state index contributed by atoms with van der Waals surface area (Å²) in [5.41, 5.74) is 1.67. The summed E-state index contributed by atoms with van der Waals surface area (Å²) in [4.78, 5) is 0. The summed E-state index contributed by atoms with van der Waals surface area (Å²) in [6, 6.07) is 7.30. The maximum atomic E-state index is 11.2. The van der Waals surface area contributed by atoms with Crippen molar-refractivity contribution in [3.8, 4) is 0 Å². The van der Waals surface area contributed by atoms with Crippen molar-refractivity contribution in [3.05, 3.63) is 35.4 Å². The summed E-state index contributed by atoms with van der Waals surface area (Å²) in [5.74, 6) is 0. The zero-order valence-corrected chi connectivity index (χ0v) is 8.33. The van der Waals surface area contributed by atoms with Gasteiger partial charge in [0.05, 0.1) is 13.2 Å². The third-order valence-electron chi connectivity index (χ3n) is 2.33. The monoisotopic (exact) mass is 213 g/mol. The van der Waals surface area contributed by atoms with Gasteiger partial charge in [0, 0.05) is 0 Å². The molecule has 0 saturated heterocycles. The summed E-state index contributed by atoms with van der Waals surface area (Å²) in [6.45, 7) is 0.609. The molecule has 0 saturated carbocycles. The van der Waals surface area contributed by atoms with Gasteiger partial charge in [-0.1, -0.05) is 24.3 Å². The topological polar surface area (TPSA) is 69.4 Å². The van der Waals surface area contributed by atoms with Gasteiger partial charge < -0.3 is 4.74 Å². The lowest BCUT2D eigenvalue weighted by Crippen LogP contribution is -2.29. The fourth-order valence-electron chi connectivity index (χ4n) is 1.62. The van der Waals surface area contributed by atoms with Gasteiger partial charge >= 0.3 is 0 Å². The number of sulfonamides is 1. The van der Waals surface area contributed by atoms with Crippen molar-refractivity contribution in [3.63, 3.8) is 0 Å². The molecule has 1 unspecified atom stereocenters. The van der Waals surface area contributed by atoms with E-state index in [-0.39, 0.29) is 6.61 Å². The molecule has 4 nitrogen and oxygen atoms in total. The first kappa shape index (κ1) is 9.64. The van der Waals surface area contributed by atoms with E-state index in [0.29, 0.717) is 6.61 Å². The molecular formula is C9H11NO3S. The Hall–Kier alpha value is -0.910. The molecule has 0 aromatic heterocycles. The molecule has 1 aliphatic heterocycles. The van der Waals surface area contributed by atoms with Crippen LogP contribution in [-0.2, 0) is 21.4 Å². The van der Waals surface area contributed by atoms with E-state index in [4.69, 9.17) is 9.88 Å². The maximum absolute atomic E-state index is 11.2. The van der Waals surface area contributed by atoms with E-state index in [1.807, 2.05) is 18.2 Å². The number of rotatable bonds is 1. The molecule has 0 aliphatic carbocycles. The Morgan fingerprint density at radius 1 is 1.36 bits per heavy atom. The largest absolute Gasteiger partial charge is 0.375 e. The second kappa shape index (κ2) is 3.34. The van der Waals surface area contributed by atoms with Gasteiger partial charge in [-0.2, -0.15) is 0 Å². The summed E-state index contributed by atoms with van der Waals surface area (Å²) in [5, 5.41) is 4.40. The molecule has 1 aliphatic rings. The minimum atomic E-state index is -3.56. The normalized spacial score (nSPS) is 21.6. The van der Waals surface area contributed by atoms with Gasteiger partial charge in [-0.3, -0.25) is 0 Å². The van der Waals surface area contributed by atoms with Crippen molar-refractivity contribution in [2.24, 2.45) is 5.14 Å². The van der Waals surface area contributed by atoms with E-state index in [1.165, 1.54) is 0 Å². The van der Waals surface area contributed by atoms with E-state index >= 15 is 0 Å². The van der Waals surface area contributed by atoms with Crippen LogP contribution in [0.2, 0.25) is 0 Å². The first-order valence-corrected chi connectivity index (χ1v) is 5.87. The Labute approximate surface area is 82.7 Å². The van der Waals surface area contributed by atoms with Crippen LogP contribution in [-0.4, -0.2) is 15.0 Å². The Bertz CT molecular complexity index is 441. The van der Waals surface area contributed by atoms with Crippen LogP contribution >= 0.6 is 0 Å². The Morgan fingerprint density at radius 3 is 2.79 bits per heavy atom. The molecule has 2 rings (SSSR count). The highest BCUT2D eigenvalue weighted by molar-refractivity contribution is 7.89. The minimum absolute atomic E-state index is 0.149. The fourth-order valence-corrected chi connectivity index (χ4v) is 2.49. The van der Waals surface area contributed by atoms with Gasteiger partial charge in [-0.05, 0) is 11.1 Å². The first-order chi connectivity index (χ1) is 6.59. The molecule has 2 N–H and O–H groups in total. The molecule has 0 fully saturated rings. The van der Waals surface area contributed by atoms with E-state index in [2.05, 4.69) is 0 Å². The van der Waals surface area contributed by atoms with Gasteiger partial charge in [-0.15, -0.1) is 0 Å². The van der Waals surface area contributed by atoms with Crippen LogP contribution in [0.25, 0.3) is 0 Å². The van der Waals surface area contributed by atoms with Crippen LogP contribution < -0.4 is 5.14 Å². The highest BCUT2D eigenvalue weighted by atomic mass is 32.2. The minimum Gasteiger partial charge on any atom is -0.375 e. The lowest BCUT2D eigenvalue weighted by Gasteiger charge is -2.23. The molecule has 0 amide bonds. The SMILES string of the molecule is NS(=O)(=O)C1COCc2ccccc21. The third-order valence-corrected chi connectivity index (χ3v) is 3.51. The number of primary sulfonamides is 1. The average Bonchev–Trinajstić information content (AvgIpc) is 2.15. The summed E-state index contributed by atoms with van der Waals surface area (Å²) < 4.78 is 27.7. The maximum Gasteiger partial charge on any atom is 0.218 e. The second-order valence-corrected chi connectivity index (χ2v) is 5.04. The molecule has 1 aromatic rings. The van der Waals surface area contributed by atoms with Crippen molar-refractivity contribution in [1.82, 2.24) is 0 Å². The van der Waals surface area contributed by atoms with Crippen LogP contribution in [0.15, 0.2) is 24.3 Å². The van der Waals surface area contributed by atoms with E-state index in [1.54, 1.807) is 6.07 Å². The van der Waals surface area contributed by atoms with Crippen molar-refractivity contribution in [1.29, 1.82) is 0 Å². The van der Waals surface area contributed by atoms with E-state index < -0.39 is 15.3 Å². The van der Waals surface area contributed by atoms with Crippen molar-refractivity contribution >= 4 is 10.0 Å². The Balaban J connectivity index is 2.51. The Morgan fingerprint density at radius 2 is 2.07 bits per heavy atom. The number of hydrogen-bond donors (Lipinski definition) is 1. The highest BCUT2D eigenvalue weighted by Gasteiger charge is 2.29. The van der Waals surface area contributed by atoms with Crippen LogP contribution in [0.3, 0.4) is 0 Å². The zero-order valence-electron chi connectivity index (χ0n) is 7.51. The predicted octanol–water partition coefficient (Wildman–Crippen LogP) is 0.546. The molecule has 76 valence electrons. The van der Waals surface area contributed by atoms with Gasteiger partial charge in [0.15, 0.2) is 0 Å². The van der Waals surface area contributed by atoms with Crippen LogP contribution in [0.5, 0.6) is 0 Å². The molecule has 1 heterocycles. The summed E-state index contributed by atoms with van der Waals surface area (Å²) >= 11 is 0. The highest BCUT2D eigenvalue weighted by Crippen LogP contribution is 2.28. The lowest BCUT2D eigenvalue weighted by molar-refractivity contribution is 0.107. The average molecular weight is 213 g/mol. The van der Waals surface area contributed by atoms with Gasteiger partial charge in [0.25, 0.3) is 0 Å². The standard InChI is InChI=1S/C9H11NO3S/c10-14(11,12)9-6-13-5-7-3-1-2-4-8(7)9/h1-4,9H,5-6H2,(H2,10,11,12). The van der Waals surface area contributed by atoms with Gasteiger partial charge in [0.2, 0.25) is 10.0 Å². The summed E-state index contributed by atoms with van der Waals surface area (Å²) in [6.07, 6.45) is 0. The molecule has 5 heteroatoms. The third kappa shape index (κ3) is 1.66. The zero-order chi connectivity index (χ0) is 10.2. The smallest absolute Gasteiger partial charge is 0.218 e. The quantitative estimate of drug-likeness (QED) is 0.740. The van der Waals surface area contributed by atoms with Crippen LogP contribution in [0.4, 0.5) is 0 Å². The molecule has 1 aromatic carbocycles. The number of fused-ring (bicyclic) bond motifs is 1. The van der Waals surface area contributed by atoms with Crippen molar-refractivity contribution < 1.29 is 13.2 Å². The fraction of sp³-hybridized carbons (Fsp3) is 0.333. The number of ether oxygens (including phenoxy) is 1. The number of nitrogens with two attached hydrogens (primary N) is 1. The van der Waals surface area contributed by atoms with E-state index in [0.717, 1.165) is 11.1 Å². The molecule has 14 heavy (non-hydrogen) atoms. The molecular weight excluding hydrogens is 202 g/mol. The van der Waals surface area contributed by atoms with Crippen molar-refractivity contribution in [2.75, 3.05) is 6.61 Å². The van der Waals surface area contributed by atoms with Crippen LogP contribution in [0.1, 0.15) is 16.4 Å². The molecule has 1 atom stereocenters. The molecule has 0 spiro atoms. The van der Waals surface area contributed by atoms with Gasteiger partial charge in [-0.25, -0.2) is 13.6 Å².